The third-order valence-corrected chi connectivity index (χ3v) is 5.38. The number of hydrogen-bond donors (Lipinski definition) is 1. The molecule has 1 aliphatic carbocycles. The molecule has 0 aromatic carbocycles. The fraction of sp³-hybridized carbons (Fsp3) is 0.905. The van der Waals surface area contributed by atoms with Gasteiger partial charge < -0.3 is 9.84 Å². The van der Waals surface area contributed by atoms with Crippen molar-refractivity contribution in [1.82, 2.24) is 0 Å². The number of esters is 1. The summed E-state index contributed by atoms with van der Waals surface area (Å²) in [7, 11) is 0. The Morgan fingerprint density at radius 1 is 0.800 bits per heavy atom. The van der Waals surface area contributed by atoms with Crippen LogP contribution < -0.4 is 0 Å². The van der Waals surface area contributed by atoms with Crippen LogP contribution in [0, 0.1) is 11.8 Å². The predicted octanol–water partition coefficient (Wildman–Crippen LogP) is 5.73. The van der Waals surface area contributed by atoms with Crippen LogP contribution in [0.5, 0.6) is 0 Å². The van der Waals surface area contributed by atoms with E-state index < -0.39 is 17.8 Å². The lowest BCUT2D eigenvalue weighted by atomic mass is 9.79. The van der Waals surface area contributed by atoms with E-state index in [1.807, 2.05) is 0 Å². The highest BCUT2D eigenvalue weighted by Gasteiger charge is 2.36. The molecular formula is C21H38O4. The van der Waals surface area contributed by atoms with E-state index in [-0.39, 0.29) is 5.97 Å². The monoisotopic (exact) mass is 354 g/mol. The molecule has 0 bridgehead atoms. The Labute approximate surface area is 153 Å². The molecule has 0 saturated heterocycles. The van der Waals surface area contributed by atoms with Gasteiger partial charge in [-0.2, -0.15) is 0 Å². The topological polar surface area (TPSA) is 63.6 Å². The van der Waals surface area contributed by atoms with Crippen LogP contribution in [-0.4, -0.2) is 23.7 Å². The molecular weight excluding hydrogens is 316 g/mol. The van der Waals surface area contributed by atoms with Crippen molar-refractivity contribution >= 4 is 11.9 Å². The quantitative estimate of drug-likeness (QED) is 0.319. The number of hydrogen-bond acceptors (Lipinski definition) is 3. The maximum atomic E-state index is 12.1. The second kappa shape index (κ2) is 14.1. The number of rotatable bonds is 14. The average molecular weight is 355 g/mol. The van der Waals surface area contributed by atoms with E-state index in [2.05, 4.69) is 6.92 Å². The first-order chi connectivity index (χ1) is 12.2. The van der Waals surface area contributed by atoms with Gasteiger partial charge in [-0.15, -0.1) is 0 Å². The zero-order chi connectivity index (χ0) is 18.3. The van der Waals surface area contributed by atoms with Gasteiger partial charge in [-0.05, 0) is 19.3 Å². The summed E-state index contributed by atoms with van der Waals surface area (Å²) >= 11 is 0. The molecule has 4 heteroatoms. The summed E-state index contributed by atoms with van der Waals surface area (Å²) in [6.07, 6.45) is 17.0. The van der Waals surface area contributed by atoms with E-state index in [0.717, 1.165) is 25.7 Å². The molecule has 1 rings (SSSR count). The van der Waals surface area contributed by atoms with Gasteiger partial charge in [0, 0.05) is 0 Å². The molecule has 4 nitrogen and oxygen atoms in total. The molecule has 0 aliphatic heterocycles. The van der Waals surface area contributed by atoms with Crippen molar-refractivity contribution < 1.29 is 19.4 Å². The van der Waals surface area contributed by atoms with E-state index in [0.29, 0.717) is 19.4 Å². The second-order valence-corrected chi connectivity index (χ2v) is 7.54. The molecule has 0 aromatic rings. The highest BCUT2D eigenvalue weighted by molar-refractivity contribution is 5.81. The average Bonchev–Trinajstić information content (AvgIpc) is 2.62. The number of carbonyl (C=O) groups is 2. The van der Waals surface area contributed by atoms with E-state index in [1.54, 1.807) is 0 Å². The molecule has 146 valence electrons. The van der Waals surface area contributed by atoms with Gasteiger partial charge in [0.25, 0.3) is 0 Å². The number of unbranched alkanes of at least 4 members (excludes halogenated alkanes) is 10. The largest absolute Gasteiger partial charge is 0.481 e. The van der Waals surface area contributed by atoms with E-state index in [1.165, 1.54) is 57.8 Å². The highest BCUT2D eigenvalue weighted by atomic mass is 16.5. The Morgan fingerprint density at radius 3 is 1.80 bits per heavy atom. The number of carboxylic acids is 1. The molecule has 1 saturated carbocycles. The normalized spacial score (nSPS) is 20.4. The smallest absolute Gasteiger partial charge is 0.309 e. The van der Waals surface area contributed by atoms with Crippen molar-refractivity contribution in [3.8, 4) is 0 Å². The Morgan fingerprint density at radius 2 is 1.28 bits per heavy atom. The van der Waals surface area contributed by atoms with Crippen LogP contribution in [-0.2, 0) is 14.3 Å². The van der Waals surface area contributed by atoms with Crippen LogP contribution in [0.15, 0.2) is 0 Å². The summed E-state index contributed by atoms with van der Waals surface area (Å²) in [6.45, 7) is 2.69. The minimum Gasteiger partial charge on any atom is -0.481 e. The van der Waals surface area contributed by atoms with Crippen LogP contribution in [0.3, 0.4) is 0 Å². The molecule has 1 N–H and O–H groups in total. The molecule has 0 heterocycles. The first-order valence-corrected chi connectivity index (χ1v) is 10.6. The molecule has 0 spiro atoms. The van der Waals surface area contributed by atoms with Crippen LogP contribution >= 0.6 is 0 Å². The summed E-state index contributed by atoms with van der Waals surface area (Å²) in [5.41, 5.74) is 0. The molecule has 0 amide bonds. The number of carboxylic acid groups (broad SMARTS) is 1. The van der Waals surface area contributed by atoms with Gasteiger partial charge in [-0.25, -0.2) is 0 Å². The van der Waals surface area contributed by atoms with Gasteiger partial charge in [0.15, 0.2) is 0 Å². The standard InChI is InChI=1S/C21H38O4/c1-2-3-4-5-6-7-8-9-10-11-14-17-25-21(24)19-16-13-12-15-18(19)20(22)23/h18-19H,2-17H2,1H3,(H,22,23). The Hall–Kier alpha value is -1.06. The van der Waals surface area contributed by atoms with Crippen LogP contribution in [0.2, 0.25) is 0 Å². The van der Waals surface area contributed by atoms with Crippen molar-refractivity contribution in [2.75, 3.05) is 6.61 Å². The first kappa shape index (κ1) is 22.0. The third-order valence-electron chi connectivity index (χ3n) is 5.38. The predicted molar refractivity (Wildman–Crippen MR) is 101 cm³/mol. The molecule has 1 fully saturated rings. The second-order valence-electron chi connectivity index (χ2n) is 7.54. The number of carbonyl (C=O) groups excluding carboxylic acids is 1. The van der Waals surface area contributed by atoms with Crippen molar-refractivity contribution in [2.24, 2.45) is 11.8 Å². The molecule has 0 radical (unpaired) electrons. The molecule has 1 aliphatic rings. The van der Waals surface area contributed by atoms with Crippen molar-refractivity contribution in [3.05, 3.63) is 0 Å². The highest BCUT2D eigenvalue weighted by Crippen LogP contribution is 2.31. The van der Waals surface area contributed by atoms with E-state index >= 15 is 0 Å². The van der Waals surface area contributed by atoms with E-state index in [4.69, 9.17) is 4.74 Å². The summed E-state index contributed by atoms with van der Waals surface area (Å²) in [6, 6.07) is 0. The van der Waals surface area contributed by atoms with Gasteiger partial charge in [-0.3, -0.25) is 9.59 Å². The van der Waals surface area contributed by atoms with Crippen molar-refractivity contribution in [1.29, 1.82) is 0 Å². The first-order valence-electron chi connectivity index (χ1n) is 10.6. The summed E-state index contributed by atoms with van der Waals surface area (Å²) in [5, 5.41) is 9.22. The van der Waals surface area contributed by atoms with Gasteiger partial charge in [-0.1, -0.05) is 84.0 Å². The maximum Gasteiger partial charge on any atom is 0.309 e. The lowest BCUT2D eigenvalue weighted by molar-refractivity contribution is -0.159. The lowest BCUT2D eigenvalue weighted by Gasteiger charge is -2.26. The zero-order valence-electron chi connectivity index (χ0n) is 16.1. The lowest BCUT2D eigenvalue weighted by Crippen LogP contribution is -2.33. The van der Waals surface area contributed by atoms with Crippen molar-refractivity contribution in [3.63, 3.8) is 0 Å². The summed E-state index contributed by atoms with van der Waals surface area (Å²) < 4.78 is 5.34. The fourth-order valence-electron chi connectivity index (χ4n) is 3.75. The molecule has 2 unspecified atom stereocenters. The summed E-state index contributed by atoms with van der Waals surface area (Å²) in [5.74, 6) is -2.12. The fourth-order valence-corrected chi connectivity index (χ4v) is 3.75. The Kier molecular flexibility index (Phi) is 12.4. The van der Waals surface area contributed by atoms with Crippen LogP contribution in [0.25, 0.3) is 0 Å². The number of ether oxygens (including phenoxy) is 1. The zero-order valence-corrected chi connectivity index (χ0v) is 16.1. The van der Waals surface area contributed by atoms with Gasteiger partial charge >= 0.3 is 11.9 Å². The van der Waals surface area contributed by atoms with Gasteiger partial charge in [0.05, 0.1) is 18.4 Å². The van der Waals surface area contributed by atoms with Crippen LogP contribution in [0.1, 0.15) is 103 Å². The molecule has 25 heavy (non-hydrogen) atoms. The minimum absolute atomic E-state index is 0.292. The van der Waals surface area contributed by atoms with Gasteiger partial charge in [0.2, 0.25) is 0 Å². The summed E-state index contributed by atoms with van der Waals surface area (Å²) in [4.78, 5) is 23.3. The minimum atomic E-state index is -0.851. The molecule has 2 atom stereocenters. The van der Waals surface area contributed by atoms with Crippen molar-refractivity contribution in [2.45, 2.75) is 103 Å². The Bertz CT molecular complexity index is 367. The Balaban J connectivity index is 1.97. The van der Waals surface area contributed by atoms with Gasteiger partial charge in [0.1, 0.15) is 0 Å². The molecule has 0 aromatic heterocycles. The SMILES string of the molecule is CCCCCCCCCCCCCOC(=O)C1CCCCC1C(=O)O. The maximum absolute atomic E-state index is 12.1. The third kappa shape index (κ3) is 9.86. The van der Waals surface area contributed by atoms with Crippen LogP contribution in [0.4, 0.5) is 0 Å². The number of aliphatic carboxylic acids is 1. The van der Waals surface area contributed by atoms with E-state index in [9.17, 15) is 14.7 Å².